The Bertz CT molecular complexity index is 1470. The van der Waals surface area contributed by atoms with Crippen molar-refractivity contribution in [1.29, 1.82) is 10.8 Å². The molecule has 0 aliphatic rings. The van der Waals surface area contributed by atoms with Gasteiger partial charge in [0, 0.05) is 58.1 Å². The first kappa shape index (κ1) is 48.7. The topological polar surface area (TPSA) is 125 Å². The zero-order valence-electron chi connectivity index (χ0n) is 24.1. The molecule has 15 heteroatoms. The summed E-state index contributed by atoms with van der Waals surface area (Å²) in [4.78, 5) is 26.4. The molecule has 0 aromatic carbocycles. The second kappa shape index (κ2) is 27.3. The summed E-state index contributed by atoms with van der Waals surface area (Å²) in [5.41, 5.74) is 6.92. The van der Waals surface area contributed by atoms with Crippen molar-refractivity contribution in [2.24, 2.45) is 0 Å². The number of halogens is 4. The largest absolute Gasteiger partial charge is 0.255 e. The number of nitrogens with zero attached hydrogens (tertiary/aromatic N) is 6. The van der Waals surface area contributed by atoms with Gasteiger partial charge in [0.2, 0.25) is 0 Å². The molecule has 6 aromatic rings. The van der Waals surface area contributed by atoms with Crippen molar-refractivity contribution in [3.05, 3.63) is 134 Å². The van der Waals surface area contributed by atoms with E-state index in [0.717, 1.165) is 51.8 Å². The van der Waals surface area contributed by atoms with Crippen molar-refractivity contribution in [3.8, 4) is 45.6 Å². The first-order valence-corrected chi connectivity index (χ1v) is 13.0. The van der Waals surface area contributed by atoms with E-state index in [1.54, 1.807) is 24.8 Å². The number of nitrogens with one attached hydrogen (secondary N) is 2. The standard InChI is InChI=1S/2C15H11N3.C2H3N2.2BrH.2ClH.2Co.Ni/c2*1-3-10-16-12(6-1)14-8-5-9-15(18-14)13-7-2-4-11-17-13;3-1-2-4;;;;;;;/h2*1-11H;1,3-4H;4*1H;;;. The Morgan fingerprint density at radius 3 is 0.851 bits per heavy atom. The molecule has 6 rings (SSSR count). The van der Waals surface area contributed by atoms with Gasteiger partial charge in [-0.05, 0) is 72.8 Å². The molecule has 0 spiro atoms. The second-order valence-electron chi connectivity index (χ2n) is 8.14. The Morgan fingerprint density at radius 1 is 0.468 bits per heavy atom. The summed E-state index contributed by atoms with van der Waals surface area (Å²) in [6, 6.07) is 35.0. The van der Waals surface area contributed by atoms with Crippen LogP contribution in [0.4, 0.5) is 0 Å². The Labute approximate surface area is 336 Å². The Kier molecular flexibility index (Phi) is 28.2. The van der Waals surface area contributed by atoms with Gasteiger partial charge in [-0.15, -0.1) is 58.8 Å². The fourth-order valence-corrected chi connectivity index (χ4v) is 3.50. The molecule has 0 atom stereocenters. The van der Waals surface area contributed by atoms with E-state index < -0.39 is 0 Å². The van der Waals surface area contributed by atoms with Crippen LogP contribution in [0.2, 0.25) is 0 Å². The molecule has 0 saturated carbocycles. The van der Waals surface area contributed by atoms with Crippen molar-refractivity contribution in [2.75, 3.05) is 0 Å². The SMILES string of the molecule is Br.Br.Cl.Cl.N=C[C](=N)[Co].[Co].[Ni].c1ccc(-c2cccc(-c3ccccn3)n2)nc1.c1ccc(-c2cccc(-c3ccccn3)n2)nc1. The first-order chi connectivity index (χ1) is 20.1. The minimum Gasteiger partial charge on any atom is -0.255 e. The summed E-state index contributed by atoms with van der Waals surface area (Å²) < 4.78 is -0.0162. The molecule has 8 nitrogen and oxygen atoms in total. The van der Waals surface area contributed by atoms with Gasteiger partial charge in [-0.2, -0.15) is 0 Å². The summed E-state index contributed by atoms with van der Waals surface area (Å²) in [6.45, 7) is 0. The maximum atomic E-state index is 6.36. The van der Waals surface area contributed by atoms with Crippen LogP contribution >= 0.6 is 58.8 Å². The third-order valence-electron chi connectivity index (χ3n) is 5.33. The van der Waals surface area contributed by atoms with E-state index in [0.29, 0.717) is 0 Å². The van der Waals surface area contributed by atoms with Gasteiger partial charge in [0.05, 0.1) is 45.6 Å². The molecule has 6 heterocycles. The smallest absolute Gasteiger partial charge is 0.0894 e. The molecule has 0 unspecified atom stereocenters. The molecule has 0 bridgehead atoms. The van der Waals surface area contributed by atoms with Crippen LogP contribution < -0.4 is 0 Å². The van der Waals surface area contributed by atoms with Crippen LogP contribution in [0.5, 0.6) is 0 Å². The Hall–Kier alpha value is -2.71. The van der Waals surface area contributed by atoms with Gasteiger partial charge < -0.3 is 0 Å². The van der Waals surface area contributed by atoms with E-state index in [-0.39, 0.29) is 96.7 Å². The van der Waals surface area contributed by atoms with E-state index in [1.807, 2.05) is 109 Å². The van der Waals surface area contributed by atoms with E-state index >= 15 is 0 Å². The normalized spacial score (nSPS) is 8.55. The summed E-state index contributed by atoms with van der Waals surface area (Å²) in [5, 5.41) is 12.6. The van der Waals surface area contributed by atoms with Crippen molar-refractivity contribution >= 4 is 69.6 Å². The van der Waals surface area contributed by atoms with Crippen LogP contribution in [0.15, 0.2) is 134 Å². The average molecular weight is 933 g/mol. The molecular formula is C32H29Br2Cl2Co2N8Ni. The minimum atomic E-state index is -0.0162. The molecular weight excluding hydrogens is 904 g/mol. The van der Waals surface area contributed by atoms with Gasteiger partial charge in [-0.25, -0.2) is 9.97 Å². The number of hydrogen-bond acceptors (Lipinski definition) is 8. The maximum absolute atomic E-state index is 6.36. The predicted octanol–water partition coefficient (Wildman–Crippen LogP) is 8.57. The van der Waals surface area contributed by atoms with Crippen LogP contribution in [-0.2, 0) is 49.0 Å². The molecule has 0 aliphatic heterocycles. The number of rotatable bonds is 5. The predicted molar refractivity (Wildman–Crippen MR) is 193 cm³/mol. The zero-order valence-corrected chi connectivity index (χ0v) is 32.2. The van der Waals surface area contributed by atoms with Crippen molar-refractivity contribution in [2.45, 2.75) is 0 Å². The summed E-state index contributed by atoms with van der Waals surface area (Å²) in [6.07, 6.45) is 7.93. The van der Waals surface area contributed by atoms with Crippen LogP contribution in [0, 0.1) is 10.8 Å². The van der Waals surface area contributed by atoms with Gasteiger partial charge in [0.1, 0.15) is 0 Å². The quantitative estimate of drug-likeness (QED) is 0.132. The van der Waals surface area contributed by atoms with Crippen LogP contribution in [0.3, 0.4) is 0 Å². The molecule has 2 N–H and O–H groups in total. The van der Waals surface area contributed by atoms with Gasteiger partial charge in [-0.3, -0.25) is 19.9 Å². The van der Waals surface area contributed by atoms with Crippen molar-refractivity contribution < 1.29 is 49.0 Å². The monoisotopic (exact) mass is 929 g/mol. The van der Waals surface area contributed by atoms with Gasteiger partial charge in [0.25, 0.3) is 0 Å². The van der Waals surface area contributed by atoms with Gasteiger partial charge in [-0.1, -0.05) is 36.4 Å². The summed E-state index contributed by atoms with van der Waals surface area (Å²) in [5.74, 6) is 0. The molecule has 0 fully saturated rings. The number of hydrogen-bond donors (Lipinski definition) is 2. The van der Waals surface area contributed by atoms with Crippen molar-refractivity contribution in [3.63, 3.8) is 0 Å². The van der Waals surface area contributed by atoms with E-state index in [1.165, 1.54) is 0 Å². The second-order valence-corrected chi connectivity index (χ2v) is 8.71. The average Bonchev–Trinajstić information content (AvgIpc) is 3.07. The van der Waals surface area contributed by atoms with Gasteiger partial charge in [0.15, 0.2) is 0 Å². The molecule has 0 amide bonds. The summed E-state index contributed by atoms with van der Waals surface area (Å²) in [7, 11) is 0. The Balaban J connectivity index is -0.000000649. The maximum Gasteiger partial charge on any atom is 0.0894 e. The molecule has 0 saturated heterocycles. The molecule has 47 heavy (non-hydrogen) atoms. The van der Waals surface area contributed by atoms with Crippen LogP contribution in [0.1, 0.15) is 0 Å². The molecule has 6 aromatic heterocycles. The third kappa shape index (κ3) is 16.3. The fourth-order valence-electron chi connectivity index (χ4n) is 3.50. The van der Waals surface area contributed by atoms with E-state index in [9.17, 15) is 0 Å². The molecule has 1 radical (unpaired) electrons. The summed E-state index contributed by atoms with van der Waals surface area (Å²) >= 11 is 3.48. The van der Waals surface area contributed by atoms with Gasteiger partial charge >= 0.3 is 37.4 Å². The Morgan fingerprint density at radius 2 is 0.681 bits per heavy atom. The van der Waals surface area contributed by atoms with E-state index in [2.05, 4.69) is 45.6 Å². The van der Waals surface area contributed by atoms with Crippen molar-refractivity contribution in [1.82, 2.24) is 29.9 Å². The minimum absolute atomic E-state index is 0. The van der Waals surface area contributed by atoms with Crippen LogP contribution in [0.25, 0.3) is 45.6 Å². The third-order valence-corrected chi connectivity index (χ3v) is 5.48. The fraction of sp³-hybridized carbons (Fsp3) is 0. The number of aromatic nitrogens is 6. The van der Waals surface area contributed by atoms with Crippen LogP contribution in [-0.4, -0.2) is 40.8 Å². The number of pyridine rings is 6. The zero-order chi connectivity index (χ0) is 28.7. The molecule has 253 valence electrons. The first-order valence-electron chi connectivity index (χ1n) is 12.5. The molecule has 0 aliphatic carbocycles. The van der Waals surface area contributed by atoms with E-state index in [4.69, 9.17) is 10.8 Å².